The van der Waals surface area contributed by atoms with Crippen molar-refractivity contribution in [1.29, 1.82) is 0 Å². The molecule has 5 heteroatoms. The minimum atomic E-state index is 0.181. The van der Waals surface area contributed by atoms with Crippen molar-refractivity contribution in [3.8, 4) is 11.5 Å². The molecule has 2 aromatic carbocycles. The van der Waals surface area contributed by atoms with Crippen LogP contribution in [0.3, 0.4) is 0 Å². The van der Waals surface area contributed by atoms with Crippen LogP contribution < -0.4 is 20.1 Å². The summed E-state index contributed by atoms with van der Waals surface area (Å²) in [6.07, 6.45) is 1.01. The smallest absolute Gasteiger partial charge is 0.231 e. The molecule has 0 aromatic heterocycles. The van der Waals surface area contributed by atoms with E-state index in [1.54, 1.807) is 0 Å². The van der Waals surface area contributed by atoms with Gasteiger partial charge in [0.25, 0.3) is 0 Å². The largest absolute Gasteiger partial charge is 0.454 e. The van der Waals surface area contributed by atoms with Gasteiger partial charge in [-0.1, -0.05) is 44.2 Å². The van der Waals surface area contributed by atoms with Crippen LogP contribution in [0.4, 0.5) is 5.69 Å². The van der Waals surface area contributed by atoms with Crippen LogP contribution in [-0.4, -0.2) is 11.9 Å². The van der Waals surface area contributed by atoms with E-state index in [0.29, 0.717) is 11.0 Å². The third-order valence-corrected chi connectivity index (χ3v) is 4.06. The second kappa shape index (κ2) is 7.53. The number of benzene rings is 2. The topological polar surface area (TPSA) is 42.5 Å². The van der Waals surface area contributed by atoms with E-state index in [1.165, 1.54) is 5.56 Å². The van der Waals surface area contributed by atoms with Gasteiger partial charge in [-0.05, 0) is 42.3 Å². The van der Waals surface area contributed by atoms with Gasteiger partial charge in [0, 0.05) is 11.8 Å². The van der Waals surface area contributed by atoms with E-state index in [1.807, 2.05) is 24.3 Å². The van der Waals surface area contributed by atoms with Gasteiger partial charge in [-0.15, -0.1) is 0 Å². The summed E-state index contributed by atoms with van der Waals surface area (Å²) in [6.45, 7) is 4.70. The summed E-state index contributed by atoms with van der Waals surface area (Å²) >= 11 is 5.50. The Morgan fingerprint density at radius 2 is 1.83 bits per heavy atom. The number of hydrogen-bond acceptors (Lipinski definition) is 3. The summed E-state index contributed by atoms with van der Waals surface area (Å²) in [7, 11) is 0. The maximum absolute atomic E-state index is 5.50. The number of rotatable bonds is 5. The zero-order valence-electron chi connectivity index (χ0n) is 13.9. The molecule has 2 aromatic rings. The zero-order valence-corrected chi connectivity index (χ0v) is 14.7. The lowest BCUT2D eigenvalue weighted by Gasteiger charge is -2.23. The molecule has 0 radical (unpaired) electrons. The molecule has 0 saturated carbocycles. The molecule has 0 aliphatic carbocycles. The summed E-state index contributed by atoms with van der Waals surface area (Å²) in [5.74, 6) is 2.07. The zero-order chi connectivity index (χ0) is 16.9. The van der Waals surface area contributed by atoms with E-state index >= 15 is 0 Å². The van der Waals surface area contributed by atoms with Crippen molar-refractivity contribution in [2.45, 2.75) is 26.3 Å². The first kappa shape index (κ1) is 16.6. The molecule has 0 saturated heterocycles. The van der Waals surface area contributed by atoms with Gasteiger partial charge in [-0.3, -0.25) is 0 Å². The van der Waals surface area contributed by atoms with Crippen molar-refractivity contribution in [1.82, 2.24) is 5.32 Å². The molecule has 1 atom stereocenters. The molecule has 1 heterocycles. The number of thiocarbonyl (C=S) groups is 1. The molecule has 1 aliphatic rings. The Balaban J connectivity index is 1.67. The van der Waals surface area contributed by atoms with Gasteiger partial charge in [-0.25, -0.2) is 0 Å². The highest BCUT2D eigenvalue weighted by Gasteiger charge is 2.16. The number of ether oxygens (including phenoxy) is 2. The van der Waals surface area contributed by atoms with Crippen LogP contribution in [0.25, 0.3) is 0 Å². The van der Waals surface area contributed by atoms with Gasteiger partial charge in [0.15, 0.2) is 16.6 Å². The molecule has 0 amide bonds. The fourth-order valence-corrected chi connectivity index (χ4v) is 2.99. The number of anilines is 1. The Labute approximate surface area is 148 Å². The van der Waals surface area contributed by atoms with Gasteiger partial charge in [0.1, 0.15) is 0 Å². The van der Waals surface area contributed by atoms with E-state index in [0.717, 1.165) is 23.6 Å². The SMILES string of the molecule is CC(C)CC(NC(=S)Nc1ccc2c(c1)OCO2)c1ccccc1. The minimum absolute atomic E-state index is 0.181. The van der Waals surface area contributed by atoms with Crippen LogP contribution in [-0.2, 0) is 0 Å². The molecule has 2 N–H and O–H groups in total. The molecular formula is C19H22N2O2S. The highest BCUT2D eigenvalue weighted by molar-refractivity contribution is 7.80. The Bertz CT molecular complexity index is 704. The Morgan fingerprint density at radius 3 is 2.58 bits per heavy atom. The molecule has 0 spiro atoms. The number of nitrogens with one attached hydrogen (secondary N) is 2. The fraction of sp³-hybridized carbons (Fsp3) is 0.316. The first-order valence-electron chi connectivity index (χ1n) is 8.14. The average Bonchev–Trinajstić information content (AvgIpc) is 3.02. The van der Waals surface area contributed by atoms with E-state index in [2.05, 4.69) is 48.7 Å². The summed E-state index contributed by atoms with van der Waals surface area (Å²) < 4.78 is 10.7. The first-order valence-corrected chi connectivity index (χ1v) is 8.55. The van der Waals surface area contributed by atoms with Crippen LogP contribution in [0.2, 0.25) is 0 Å². The van der Waals surface area contributed by atoms with Crippen molar-refractivity contribution >= 4 is 23.0 Å². The van der Waals surface area contributed by atoms with Crippen LogP contribution in [0.1, 0.15) is 31.9 Å². The highest BCUT2D eigenvalue weighted by atomic mass is 32.1. The summed E-state index contributed by atoms with van der Waals surface area (Å²) in [5.41, 5.74) is 2.12. The van der Waals surface area contributed by atoms with Crippen LogP contribution >= 0.6 is 12.2 Å². The second-order valence-electron chi connectivity index (χ2n) is 6.26. The average molecular weight is 342 g/mol. The van der Waals surface area contributed by atoms with Crippen molar-refractivity contribution in [3.63, 3.8) is 0 Å². The quantitative estimate of drug-likeness (QED) is 0.784. The predicted octanol–water partition coefficient (Wildman–Crippen LogP) is 4.49. The number of fused-ring (bicyclic) bond motifs is 1. The Hall–Kier alpha value is -2.27. The summed E-state index contributed by atoms with van der Waals surface area (Å²) in [6, 6.07) is 16.3. The standard InChI is InChI=1S/C19H22N2O2S/c1-13(2)10-16(14-6-4-3-5-7-14)21-19(24)20-15-8-9-17-18(11-15)23-12-22-17/h3-9,11,13,16H,10,12H2,1-2H3,(H2,20,21,24). The Morgan fingerprint density at radius 1 is 1.08 bits per heavy atom. The fourth-order valence-electron chi connectivity index (χ4n) is 2.73. The monoisotopic (exact) mass is 342 g/mol. The van der Waals surface area contributed by atoms with Crippen LogP contribution in [0.5, 0.6) is 11.5 Å². The molecule has 1 aliphatic heterocycles. The van der Waals surface area contributed by atoms with E-state index < -0.39 is 0 Å². The third-order valence-electron chi connectivity index (χ3n) is 3.84. The Kier molecular flexibility index (Phi) is 5.20. The molecule has 3 rings (SSSR count). The predicted molar refractivity (Wildman–Crippen MR) is 101 cm³/mol. The van der Waals surface area contributed by atoms with E-state index in [4.69, 9.17) is 21.7 Å². The molecule has 24 heavy (non-hydrogen) atoms. The van der Waals surface area contributed by atoms with Crippen molar-refractivity contribution < 1.29 is 9.47 Å². The summed E-state index contributed by atoms with van der Waals surface area (Å²) in [5, 5.41) is 7.26. The van der Waals surface area contributed by atoms with Gasteiger partial charge in [-0.2, -0.15) is 0 Å². The molecule has 126 valence electrons. The van der Waals surface area contributed by atoms with Gasteiger partial charge in [0.2, 0.25) is 6.79 Å². The van der Waals surface area contributed by atoms with Crippen LogP contribution in [0, 0.1) is 5.92 Å². The van der Waals surface area contributed by atoms with Crippen molar-refractivity contribution in [2.75, 3.05) is 12.1 Å². The lowest BCUT2D eigenvalue weighted by atomic mass is 9.97. The lowest BCUT2D eigenvalue weighted by Crippen LogP contribution is -2.33. The van der Waals surface area contributed by atoms with E-state index in [9.17, 15) is 0 Å². The highest BCUT2D eigenvalue weighted by Crippen LogP contribution is 2.34. The second-order valence-corrected chi connectivity index (χ2v) is 6.67. The number of hydrogen-bond donors (Lipinski definition) is 2. The van der Waals surface area contributed by atoms with E-state index in [-0.39, 0.29) is 12.8 Å². The van der Waals surface area contributed by atoms with Crippen molar-refractivity contribution in [2.24, 2.45) is 5.92 Å². The molecule has 0 bridgehead atoms. The van der Waals surface area contributed by atoms with Gasteiger partial charge < -0.3 is 20.1 Å². The normalized spacial score (nSPS) is 13.6. The summed E-state index contributed by atoms with van der Waals surface area (Å²) in [4.78, 5) is 0. The minimum Gasteiger partial charge on any atom is -0.454 e. The molecule has 1 unspecified atom stereocenters. The first-order chi connectivity index (χ1) is 11.6. The molecule has 4 nitrogen and oxygen atoms in total. The van der Waals surface area contributed by atoms with Crippen molar-refractivity contribution in [3.05, 3.63) is 54.1 Å². The van der Waals surface area contributed by atoms with Crippen LogP contribution in [0.15, 0.2) is 48.5 Å². The molecular weight excluding hydrogens is 320 g/mol. The molecule has 0 fully saturated rings. The third kappa shape index (κ3) is 4.17. The van der Waals surface area contributed by atoms with Gasteiger partial charge in [0.05, 0.1) is 6.04 Å². The lowest BCUT2D eigenvalue weighted by molar-refractivity contribution is 0.174. The maximum Gasteiger partial charge on any atom is 0.231 e. The maximum atomic E-state index is 5.50. The van der Waals surface area contributed by atoms with Gasteiger partial charge >= 0.3 is 0 Å².